The van der Waals surface area contributed by atoms with Crippen LogP contribution in [0.4, 0.5) is 0 Å². The number of ether oxygens (including phenoxy) is 4. The van der Waals surface area contributed by atoms with Gasteiger partial charge < -0.3 is 29.6 Å². The van der Waals surface area contributed by atoms with Crippen molar-refractivity contribution >= 4 is 87.4 Å². The number of halogens is 6. The molecule has 5 atom stereocenters. The SMILES string of the molecule is CC(=O)O[C@@H]1[C@H](OCc2ccccc2)[C@@H](NC(=O)C(Cl)(Cl)Cl)[C@H](NC(=O)C(Cl)(Cl)Cl)O[C@@H]1COCc1ccccc1. The second-order valence-electron chi connectivity index (χ2n) is 8.90. The van der Waals surface area contributed by atoms with Crippen LogP contribution in [0.5, 0.6) is 0 Å². The largest absolute Gasteiger partial charge is 0.457 e. The fourth-order valence-corrected chi connectivity index (χ4v) is 4.29. The molecule has 15 heteroatoms. The van der Waals surface area contributed by atoms with E-state index in [-0.39, 0.29) is 19.8 Å². The first-order valence-electron chi connectivity index (χ1n) is 12.1. The minimum atomic E-state index is -2.40. The van der Waals surface area contributed by atoms with Crippen molar-refractivity contribution in [2.75, 3.05) is 6.61 Å². The maximum atomic E-state index is 12.8. The fourth-order valence-electron chi connectivity index (χ4n) is 3.97. The second-order valence-corrected chi connectivity index (χ2v) is 13.5. The lowest BCUT2D eigenvalue weighted by molar-refractivity contribution is -0.232. The van der Waals surface area contributed by atoms with Crippen LogP contribution in [0.3, 0.4) is 0 Å². The number of esters is 1. The zero-order valence-corrected chi connectivity index (χ0v) is 25.9. The highest BCUT2D eigenvalue weighted by atomic mass is 35.6. The topological polar surface area (TPSA) is 112 Å². The van der Waals surface area contributed by atoms with Crippen molar-refractivity contribution in [3.8, 4) is 0 Å². The molecular formula is C26H26Cl6N2O7. The zero-order valence-electron chi connectivity index (χ0n) is 21.4. The second kappa shape index (κ2) is 15.3. The van der Waals surface area contributed by atoms with Crippen molar-refractivity contribution in [1.82, 2.24) is 10.6 Å². The van der Waals surface area contributed by atoms with Crippen LogP contribution in [0.1, 0.15) is 18.1 Å². The van der Waals surface area contributed by atoms with E-state index in [1.807, 2.05) is 36.4 Å². The molecule has 1 fully saturated rings. The average Bonchev–Trinajstić information content (AvgIpc) is 2.90. The number of alkyl halides is 6. The monoisotopic (exact) mass is 688 g/mol. The molecule has 2 aromatic rings. The van der Waals surface area contributed by atoms with Crippen LogP contribution in [0.2, 0.25) is 0 Å². The molecule has 3 rings (SSSR count). The maximum Gasteiger partial charge on any atom is 0.303 e. The van der Waals surface area contributed by atoms with Crippen LogP contribution >= 0.6 is 69.6 Å². The predicted molar refractivity (Wildman–Crippen MR) is 156 cm³/mol. The van der Waals surface area contributed by atoms with Crippen LogP contribution in [0.15, 0.2) is 60.7 Å². The lowest BCUT2D eigenvalue weighted by atomic mass is 9.95. The Kier molecular flexibility index (Phi) is 12.7. The Labute approximate surface area is 266 Å². The lowest BCUT2D eigenvalue weighted by Gasteiger charge is -2.46. The molecule has 2 N–H and O–H groups in total. The molecule has 1 heterocycles. The minimum Gasteiger partial charge on any atom is -0.457 e. The Morgan fingerprint density at radius 3 is 1.80 bits per heavy atom. The third kappa shape index (κ3) is 10.6. The van der Waals surface area contributed by atoms with E-state index in [1.54, 1.807) is 24.3 Å². The number of amides is 2. The molecular weight excluding hydrogens is 665 g/mol. The summed E-state index contributed by atoms with van der Waals surface area (Å²) in [5.41, 5.74) is 1.63. The van der Waals surface area contributed by atoms with Gasteiger partial charge in [-0.15, -0.1) is 0 Å². The summed E-state index contributed by atoms with van der Waals surface area (Å²) in [6, 6.07) is 17.0. The van der Waals surface area contributed by atoms with Gasteiger partial charge in [0.1, 0.15) is 18.2 Å². The van der Waals surface area contributed by atoms with Crippen molar-refractivity contribution in [2.24, 2.45) is 0 Å². The molecule has 1 aliphatic heterocycles. The quantitative estimate of drug-likeness (QED) is 0.273. The zero-order chi connectivity index (χ0) is 30.2. The molecule has 0 saturated carbocycles. The third-order valence-electron chi connectivity index (χ3n) is 5.76. The molecule has 1 saturated heterocycles. The summed E-state index contributed by atoms with van der Waals surface area (Å²) in [6.45, 7) is 1.28. The van der Waals surface area contributed by atoms with E-state index in [9.17, 15) is 14.4 Å². The molecule has 9 nitrogen and oxygen atoms in total. The van der Waals surface area contributed by atoms with Crippen molar-refractivity contribution < 1.29 is 33.3 Å². The summed E-state index contributed by atoms with van der Waals surface area (Å²) in [6.07, 6.45) is -4.76. The number of carbonyl (C=O) groups is 3. The number of hydrogen-bond donors (Lipinski definition) is 2. The molecule has 41 heavy (non-hydrogen) atoms. The van der Waals surface area contributed by atoms with Crippen LogP contribution in [0.25, 0.3) is 0 Å². The van der Waals surface area contributed by atoms with Gasteiger partial charge in [0.25, 0.3) is 19.4 Å². The molecule has 2 amide bonds. The first-order chi connectivity index (χ1) is 19.3. The molecule has 0 aliphatic carbocycles. The highest BCUT2D eigenvalue weighted by molar-refractivity contribution is 6.76. The van der Waals surface area contributed by atoms with Gasteiger partial charge in [-0.25, -0.2) is 0 Å². The van der Waals surface area contributed by atoms with Gasteiger partial charge in [0.15, 0.2) is 12.3 Å². The number of carbonyl (C=O) groups excluding carboxylic acids is 3. The van der Waals surface area contributed by atoms with E-state index in [2.05, 4.69) is 10.6 Å². The molecule has 2 aromatic carbocycles. The number of rotatable bonds is 10. The number of hydrogen-bond acceptors (Lipinski definition) is 7. The van der Waals surface area contributed by atoms with Gasteiger partial charge in [0, 0.05) is 6.92 Å². The standard InChI is InChI=1S/C26H26Cl6N2O7/c1-15(35)40-20-18(14-38-12-16-8-4-2-5-9-16)41-22(34-24(37)26(30,31)32)19(33-23(36)25(27,28)29)21(20)39-13-17-10-6-3-7-11-17/h2-11,18-22H,12-14H2,1H3,(H,33,36)(H,34,37)/t18-,19-,20+,21-,22-/m1/s1. The minimum absolute atomic E-state index is 0.00608. The van der Waals surface area contributed by atoms with Crippen molar-refractivity contribution in [2.45, 2.75) is 58.3 Å². The molecule has 0 bridgehead atoms. The molecule has 0 unspecified atom stereocenters. The summed E-state index contributed by atoms with van der Waals surface area (Å²) in [5, 5.41) is 4.93. The van der Waals surface area contributed by atoms with E-state index in [1.165, 1.54) is 6.92 Å². The summed E-state index contributed by atoms with van der Waals surface area (Å²) < 4.78 is 19.0. The molecule has 0 aromatic heterocycles. The molecule has 224 valence electrons. The van der Waals surface area contributed by atoms with Gasteiger partial charge in [-0.1, -0.05) is 130 Å². The molecule has 0 spiro atoms. The highest BCUT2D eigenvalue weighted by Gasteiger charge is 2.52. The van der Waals surface area contributed by atoms with E-state index in [0.717, 1.165) is 11.1 Å². The highest BCUT2D eigenvalue weighted by Crippen LogP contribution is 2.32. The average molecular weight is 691 g/mol. The van der Waals surface area contributed by atoms with Gasteiger partial charge in [-0.3, -0.25) is 14.4 Å². The van der Waals surface area contributed by atoms with E-state index < -0.39 is 56.0 Å². The van der Waals surface area contributed by atoms with Crippen molar-refractivity contribution in [1.29, 1.82) is 0 Å². The number of benzene rings is 2. The van der Waals surface area contributed by atoms with Gasteiger partial charge >= 0.3 is 5.97 Å². The normalized spacial score (nSPS) is 23.0. The third-order valence-corrected chi connectivity index (χ3v) is 6.79. The van der Waals surface area contributed by atoms with E-state index >= 15 is 0 Å². The van der Waals surface area contributed by atoms with Crippen LogP contribution in [-0.2, 0) is 46.5 Å². The van der Waals surface area contributed by atoms with Crippen LogP contribution in [0, 0.1) is 0 Å². The van der Waals surface area contributed by atoms with Crippen molar-refractivity contribution in [3.05, 3.63) is 71.8 Å². The summed E-state index contributed by atoms with van der Waals surface area (Å²) in [4.78, 5) is 37.7. The van der Waals surface area contributed by atoms with E-state index in [0.29, 0.717) is 0 Å². The fraction of sp³-hybridized carbons (Fsp3) is 0.423. The van der Waals surface area contributed by atoms with E-state index in [4.69, 9.17) is 88.6 Å². The van der Waals surface area contributed by atoms with Crippen LogP contribution in [-0.4, -0.2) is 62.6 Å². The Hall–Kier alpha value is -1.53. The first-order valence-corrected chi connectivity index (χ1v) is 14.4. The van der Waals surface area contributed by atoms with Crippen molar-refractivity contribution in [3.63, 3.8) is 0 Å². The Balaban J connectivity index is 1.97. The summed E-state index contributed by atoms with van der Waals surface area (Å²) in [7, 11) is 0. The smallest absolute Gasteiger partial charge is 0.303 e. The Morgan fingerprint density at radius 1 is 0.780 bits per heavy atom. The Morgan fingerprint density at radius 2 is 1.29 bits per heavy atom. The number of nitrogens with one attached hydrogen (secondary N) is 2. The lowest BCUT2D eigenvalue weighted by Crippen LogP contribution is -2.70. The van der Waals surface area contributed by atoms with Gasteiger partial charge in [-0.05, 0) is 11.1 Å². The first kappa shape index (κ1) is 34.0. The van der Waals surface area contributed by atoms with Crippen LogP contribution < -0.4 is 10.6 Å². The van der Waals surface area contributed by atoms with Gasteiger partial charge in [0.2, 0.25) is 0 Å². The molecule has 1 aliphatic rings. The molecule has 0 radical (unpaired) electrons. The predicted octanol–water partition coefficient (Wildman–Crippen LogP) is 4.79. The summed E-state index contributed by atoms with van der Waals surface area (Å²) >= 11 is 34.8. The Bertz CT molecular complexity index is 1160. The summed E-state index contributed by atoms with van der Waals surface area (Å²) in [5.74, 6) is -2.81. The maximum absolute atomic E-state index is 12.8. The van der Waals surface area contributed by atoms with Gasteiger partial charge in [0.05, 0.1) is 19.8 Å². The van der Waals surface area contributed by atoms with Gasteiger partial charge in [-0.2, -0.15) is 0 Å².